The zero-order chi connectivity index (χ0) is 12.9. The van der Waals surface area contributed by atoms with Crippen LogP contribution in [0.2, 0.25) is 0 Å². The van der Waals surface area contributed by atoms with E-state index >= 15 is 0 Å². The SMILES string of the molecule is CCCC(=O)N(Cc1ccccc1)C(C)(C)C. The summed E-state index contributed by atoms with van der Waals surface area (Å²) in [5, 5.41) is 0. The second kappa shape index (κ2) is 5.85. The number of amides is 1. The average Bonchev–Trinajstić information content (AvgIpc) is 2.26. The fourth-order valence-corrected chi connectivity index (χ4v) is 1.81. The Morgan fingerprint density at radius 2 is 1.76 bits per heavy atom. The van der Waals surface area contributed by atoms with Gasteiger partial charge in [0.1, 0.15) is 0 Å². The molecule has 0 aliphatic carbocycles. The first kappa shape index (κ1) is 13.8. The van der Waals surface area contributed by atoms with Gasteiger partial charge in [0.25, 0.3) is 0 Å². The Morgan fingerprint density at radius 3 is 2.24 bits per heavy atom. The van der Waals surface area contributed by atoms with E-state index in [2.05, 4.69) is 32.9 Å². The Bertz CT molecular complexity index is 351. The molecule has 0 aliphatic rings. The summed E-state index contributed by atoms with van der Waals surface area (Å²) in [7, 11) is 0. The summed E-state index contributed by atoms with van der Waals surface area (Å²) in [6.45, 7) is 9.00. The molecule has 1 aromatic carbocycles. The van der Waals surface area contributed by atoms with E-state index in [4.69, 9.17) is 0 Å². The van der Waals surface area contributed by atoms with Crippen LogP contribution in [0.25, 0.3) is 0 Å². The Hall–Kier alpha value is -1.31. The molecule has 0 fully saturated rings. The highest BCUT2D eigenvalue weighted by molar-refractivity contribution is 5.76. The van der Waals surface area contributed by atoms with Crippen molar-refractivity contribution in [3.8, 4) is 0 Å². The topological polar surface area (TPSA) is 20.3 Å². The van der Waals surface area contributed by atoms with Crippen LogP contribution in [0.1, 0.15) is 46.1 Å². The molecule has 0 aromatic heterocycles. The normalized spacial score (nSPS) is 11.3. The van der Waals surface area contributed by atoms with Gasteiger partial charge in [-0.2, -0.15) is 0 Å². The highest BCUT2D eigenvalue weighted by Crippen LogP contribution is 2.19. The first-order chi connectivity index (χ1) is 7.95. The number of carbonyl (C=O) groups excluding carboxylic acids is 1. The minimum absolute atomic E-state index is 0.123. The van der Waals surface area contributed by atoms with Crippen LogP contribution in [-0.2, 0) is 11.3 Å². The second-order valence-electron chi connectivity index (χ2n) is 5.39. The molecular weight excluding hydrogens is 210 g/mol. The van der Waals surface area contributed by atoms with Crippen LogP contribution in [0, 0.1) is 0 Å². The van der Waals surface area contributed by atoms with Gasteiger partial charge in [-0.05, 0) is 32.8 Å². The van der Waals surface area contributed by atoms with Crippen molar-refractivity contribution in [1.29, 1.82) is 0 Å². The van der Waals surface area contributed by atoms with E-state index in [0.717, 1.165) is 6.42 Å². The van der Waals surface area contributed by atoms with Crippen LogP contribution in [0.4, 0.5) is 0 Å². The van der Waals surface area contributed by atoms with Gasteiger partial charge in [0.2, 0.25) is 5.91 Å². The lowest BCUT2D eigenvalue weighted by Gasteiger charge is -2.36. The molecule has 0 saturated heterocycles. The van der Waals surface area contributed by atoms with Gasteiger partial charge in [-0.3, -0.25) is 4.79 Å². The summed E-state index contributed by atoms with van der Waals surface area (Å²) >= 11 is 0. The first-order valence-electron chi connectivity index (χ1n) is 6.29. The monoisotopic (exact) mass is 233 g/mol. The lowest BCUT2D eigenvalue weighted by Crippen LogP contribution is -2.44. The molecule has 0 saturated carbocycles. The fourth-order valence-electron chi connectivity index (χ4n) is 1.81. The maximum Gasteiger partial charge on any atom is 0.223 e. The smallest absolute Gasteiger partial charge is 0.223 e. The number of nitrogens with zero attached hydrogens (tertiary/aromatic N) is 1. The van der Waals surface area contributed by atoms with Crippen LogP contribution in [-0.4, -0.2) is 16.3 Å². The molecule has 1 aromatic rings. The summed E-state index contributed by atoms with van der Waals surface area (Å²) < 4.78 is 0. The molecule has 0 radical (unpaired) electrons. The zero-order valence-electron chi connectivity index (χ0n) is 11.4. The van der Waals surface area contributed by atoms with Crippen LogP contribution < -0.4 is 0 Å². The predicted molar refractivity (Wildman–Crippen MR) is 71.7 cm³/mol. The average molecular weight is 233 g/mol. The van der Waals surface area contributed by atoms with Crippen LogP contribution in [0.3, 0.4) is 0 Å². The highest BCUT2D eigenvalue weighted by Gasteiger charge is 2.25. The number of carbonyl (C=O) groups is 1. The van der Waals surface area contributed by atoms with E-state index in [1.165, 1.54) is 5.56 Å². The third-order valence-electron chi connectivity index (χ3n) is 2.76. The Morgan fingerprint density at radius 1 is 1.18 bits per heavy atom. The molecule has 0 N–H and O–H groups in total. The minimum Gasteiger partial charge on any atom is -0.334 e. The van der Waals surface area contributed by atoms with Crippen molar-refractivity contribution in [2.45, 2.75) is 52.6 Å². The van der Waals surface area contributed by atoms with Gasteiger partial charge in [-0.15, -0.1) is 0 Å². The number of hydrogen-bond acceptors (Lipinski definition) is 1. The van der Waals surface area contributed by atoms with E-state index in [1.807, 2.05) is 30.0 Å². The molecule has 17 heavy (non-hydrogen) atoms. The van der Waals surface area contributed by atoms with Crippen LogP contribution in [0.15, 0.2) is 30.3 Å². The van der Waals surface area contributed by atoms with Crippen molar-refractivity contribution in [2.24, 2.45) is 0 Å². The molecule has 94 valence electrons. The third kappa shape index (κ3) is 4.22. The molecule has 0 aliphatic heterocycles. The van der Waals surface area contributed by atoms with E-state index in [-0.39, 0.29) is 11.4 Å². The maximum absolute atomic E-state index is 12.1. The van der Waals surface area contributed by atoms with Gasteiger partial charge in [0, 0.05) is 18.5 Å². The Labute approximate surface area is 105 Å². The second-order valence-corrected chi connectivity index (χ2v) is 5.39. The van der Waals surface area contributed by atoms with Gasteiger partial charge in [-0.1, -0.05) is 37.3 Å². The summed E-state index contributed by atoms with van der Waals surface area (Å²) in [4.78, 5) is 14.1. The molecule has 0 atom stereocenters. The van der Waals surface area contributed by atoms with Crippen molar-refractivity contribution < 1.29 is 4.79 Å². The molecule has 2 nitrogen and oxygen atoms in total. The number of rotatable bonds is 4. The first-order valence-corrected chi connectivity index (χ1v) is 6.29. The fraction of sp³-hybridized carbons (Fsp3) is 0.533. The standard InChI is InChI=1S/C15H23NO/c1-5-9-14(17)16(15(2,3)4)12-13-10-7-6-8-11-13/h6-8,10-11H,5,9,12H2,1-4H3. The van der Waals surface area contributed by atoms with Gasteiger partial charge in [0.05, 0.1) is 0 Å². The van der Waals surface area contributed by atoms with Gasteiger partial charge in [0.15, 0.2) is 0 Å². The summed E-state index contributed by atoms with van der Waals surface area (Å²) in [5.74, 6) is 0.240. The molecular formula is C15H23NO. The molecule has 2 heteroatoms. The highest BCUT2D eigenvalue weighted by atomic mass is 16.2. The van der Waals surface area contributed by atoms with Crippen molar-refractivity contribution >= 4 is 5.91 Å². The van der Waals surface area contributed by atoms with Crippen molar-refractivity contribution in [3.63, 3.8) is 0 Å². The largest absolute Gasteiger partial charge is 0.334 e. The van der Waals surface area contributed by atoms with E-state index in [0.29, 0.717) is 13.0 Å². The van der Waals surface area contributed by atoms with Crippen LogP contribution in [0.5, 0.6) is 0 Å². The van der Waals surface area contributed by atoms with Crippen molar-refractivity contribution in [1.82, 2.24) is 4.90 Å². The lowest BCUT2D eigenvalue weighted by atomic mass is 10.0. The van der Waals surface area contributed by atoms with Gasteiger partial charge >= 0.3 is 0 Å². The van der Waals surface area contributed by atoms with E-state index in [9.17, 15) is 4.79 Å². The molecule has 0 bridgehead atoms. The van der Waals surface area contributed by atoms with E-state index < -0.39 is 0 Å². The third-order valence-corrected chi connectivity index (χ3v) is 2.76. The van der Waals surface area contributed by atoms with Gasteiger partial charge < -0.3 is 4.90 Å². The molecule has 1 rings (SSSR count). The summed E-state index contributed by atoms with van der Waals surface area (Å²) in [6, 6.07) is 10.2. The molecule has 1 amide bonds. The van der Waals surface area contributed by atoms with E-state index in [1.54, 1.807) is 0 Å². The quantitative estimate of drug-likeness (QED) is 0.778. The number of hydrogen-bond donors (Lipinski definition) is 0. The Balaban J connectivity index is 2.82. The van der Waals surface area contributed by atoms with Crippen LogP contribution >= 0.6 is 0 Å². The number of benzene rings is 1. The molecule has 0 unspecified atom stereocenters. The Kier molecular flexibility index (Phi) is 4.73. The van der Waals surface area contributed by atoms with Crippen molar-refractivity contribution in [3.05, 3.63) is 35.9 Å². The summed E-state index contributed by atoms with van der Waals surface area (Å²) in [5.41, 5.74) is 1.06. The minimum atomic E-state index is -0.123. The molecule has 0 heterocycles. The predicted octanol–water partition coefficient (Wildman–Crippen LogP) is 3.61. The molecule has 0 spiro atoms. The van der Waals surface area contributed by atoms with Gasteiger partial charge in [-0.25, -0.2) is 0 Å². The zero-order valence-corrected chi connectivity index (χ0v) is 11.4. The lowest BCUT2D eigenvalue weighted by molar-refractivity contribution is -0.136. The maximum atomic E-state index is 12.1. The summed E-state index contributed by atoms with van der Waals surface area (Å²) in [6.07, 6.45) is 1.53. The van der Waals surface area contributed by atoms with Crippen molar-refractivity contribution in [2.75, 3.05) is 0 Å².